The van der Waals surface area contributed by atoms with Crippen molar-refractivity contribution in [2.75, 3.05) is 31.1 Å². The van der Waals surface area contributed by atoms with Crippen LogP contribution in [0.25, 0.3) is 0 Å². The minimum absolute atomic E-state index is 0.0710. The Bertz CT molecular complexity index is 587. The number of carbonyl (C=O) groups excluding carboxylic acids is 2. The molecule has 2 aliphatic heterocycles. The topological polar surface area (TPSA) is 60.9 Å². The molecule has 1 aromatic rings. The van der Waals surface area contributed by atoms with Crippen LogP contribution in [-0.2, 0) is 9.59 Å². The maximum absolute atomic E-state index is 12.6. The van der Waals surface area contributed by atoms with Gasteiger partial charge in [-0.25, -0.2) is 0 Å². The predicted octanol–water partition coefficient (Wildman–Crippen LogP) is 1.37. The minimum Gasteiger partial charge on any atom is -0.396 e. The molecule has 2 unspecified atom stereocenters. The predicted molar refractivity (Wildman–Crippen MR) is 83.6 cm³/mol. The lowest BCUT2D eigenvalue weighted by molar-refractivity contribution is -0.145. The molecule has 0 spiro atoms. The highest BCUT2D eigenvalue weighted by atomic mass is 16.3. The average molecular weight is 302 g/mol. The summed E-state index contributed by atoms with van der Waals surface area (Å²) in [6.07, 6.45) is 1.76. The Morgan fingerprint density at radius 2 is 2.00 bits per heavy atom. The second-order valence-corrected chi connectivity index (χ2v) is 6.32. The Morgan fingerprint density at radius 3 is 2.77 bits per heavy atom. The van der Waals surface area contributed by atoms with Crippen LogP contribution in [0.5, 0.6) is 0 Å². The molecule has 3 rings (SSSR count). The normalized spacial score (nSPS) is 24.3. The van der Waals surface area contributed by atoms with Crippen LogP contribution < -0.4 is 4.90 Å². The van der Waals surface area contributed by atoms with Crippen molar-refractivity contribution in [3.63, 3.8) is 0 Å². The van der Waals surface area contributed by atoms with Gasteiger partial charge < -0.3 is 14.9 Å². The first-order valence-electron chi connectivity index (χ1n) is 7.92. The Labute approximate surface area is 130 Å². The van der Waals surface area contributed by atoms with Gasteiger partial charge in [-0.2, -0.15) is 0 Å². The highest BCUT2D eigenvalue weighted by Crippen LogP contribution is 2.35. The van der Waals surface area contributed by atoms with Gasteiger partial charge in [0.15, 0.2) is 0 Å². The Morgan fingerprint density at radius 1 is 1.23 bits per heavy atom. The van der Waals surface area contributed by atoms with Crippen molar-refractivity contribution >= 4 is 17.5 Å². The standard InChI is InChI=1S/C17H22N2O3/c1-12-9-19(15-7-3-2-6-14(12)15)17(22)16(21)18-8-4-5-13(10-18)11-20/h2-3,6-7,12-13,20H,4-5,8-11H2,1H3. The van der Waals surface area contributed by atoms with Crippen LogP contribution >= 0.6 is 0 Å². The zero-order valence-corrected chi connectivity index (χ0v) is 12.9. The molecule has 118 valence electrons. The van der Waals surface area contributed by atoms with Crippen LogP contribution in [0.1, 0.15) is 31.2 Å². The molecular weight excluding hydrogens is 280 g/mol. The van der Waals surface area contributed by atoms with Crippen molar-refractivity contribution in [1.82, 2.24) is 4.90 Å². The molecule has 2 aliphatic rings. The van der Waals surface area contributed by atoms with Crippen LogP contribution in [0.4, 0.5) is 5.69 Å². The molecule has 5 heteroatoms. The second kappa shape index (κ2) is 6.08. The zero-order valence-electron chi connectivity index (χ0n) is 12.9. The number of amides is 2. The summed E-state index contributed by atoms with van der Waals surface area (Å²) in [7, 11) is 0. The first-order chi connectivity index (χ1) is 10.6. The molecule has 1 N–H and O–H groups in total. The minimum atomic E-state index is -0.449. The summed E-state index contributed by atoms with van der Waals surface area (Å²) in [5, 5.41) is 9.27. The summed E-state index contributed by atoms with van der Waals surface area (Å²) in [5.74, 6) is -0.549. The van der Waals surface area contributed by atoms with Crippen LogP contribution in [0.3, 0.4) is 0 Å². The van der Waals surface area contributed by atoms with Gasteiger partial charge in [-0.1, -0.05) is 25.1 Å². The molecule has 1 aromatic carbocycles. The van der Waals surface area contributed by atoms with Gasteiger partial charge in [-0.15, -0.1) is 0 Å². The lowest BCUT2D eigenvalue weighted by Crippen LogP contribution is -2.49. The number of benzene rings is 1. The van der Waals surface area contributed by atoms with Gasteiger partial charge in [0.2, 0.25) is 0 Å². The number of hydrogen-bond donors (Lipinski definition) is 1. The van der Waals surface area contributed by atoms with E-state index in [2.05, 4.69) is 6.92 Å². The molecule has 0 aliphatic carbocycles. The van der Waals surface area contributed by atoms with Crippen LogP contribution in [-0.4, -0.2) is 48.1 Å². The fourth-order valence-electron chi connectivity index (χ4n) is 3.46. The number of aliphatic hydroxyl groups excluding tert-OH is 1. The Balaban J connectivity index is 1.76. The summed E-state index contributed by atoms with van der Waals surface area (Å²) in [4.78, 5) is 28.3. The molecule has 2 atom stereocenters. The van der Waals surface area contributed by atoms with E-state index in [-0.39, 0.29) is 18.4 Å². The van der Waals surface area contributed by atoms with Crippen molar-refractivity contribution in [3.05, 3.63) is 29.8 Å². The van der Waals surface area contributed by atoms with E-state index in [1.54, 1.807) is 9.80 Å². The number of hydrogen-bond acceptors (Lipinski definition) is 3. The molecule has 22 heavy (non-hydrogen) atoms. The number of carbonyl (C=O) groups is 2. The number of anilines is 1. The van der Waals surface area contributed by atoms with E-state index in [0.717, 1.165) is 24.1 Å². The van der Waals surface area contributed by atoms with Gasteiger partial charge in [-0.3, -0.25) is 9.59 Å². The van der Waals surface area contributed by atoms with Crippen molar-refractivity contribution < 1.29 is 14.7 Å². The molecule has 1 saturated heterocycles. The highest BCUT2D eigenvalue weighted by Gasteiger charge is 2.36. The third kappa shape index (κ3) is 2.61. The van der Waals surface area contributed by atoms with Crippen LogP contribution in [0.15, 0.2) is 24.3 Å². The maximum Gasteiger partial charge on any atom is 0.316 e. The van der Waals surface area contributed by atoms with Crippen molar-refractivity contribution in [2.24, 2.45) is 5.92 Å². The van der Waals surface area contributed by atoms with E-state index in [0.29, 0.717) is 19.6 Å². The fraction of sp³-hybridized carbons (Fsp3) is 0.529. The molecule has 2 amide bonds. The smallest absolute Gasteiger partial charge is 0.316 e. The van der Waals surface area contributed by atoms with Crippen LogP contribution in [0, 0.1) is 5.92 Å². The number of likely N-dealkylation sites (tertiary alicyclic amines) is 1. The molecule has 0 saturated carbocycles. The third-order valence-electron chi connectivity index (χ3n) is 4.71. The molecule has 0 aromatic heterocycles. The van der Waals surface area contributed by atoms with Crippen molar-refractivity contribution in [3.8, 4) is 0 Å². The maximum atomic E-state index is 12.6. The van der Waals surface area contributed by atoms with Gasteiger partial charge >= 0.3 is 11.8 Å². The van der Waals surface area contributed by atoms with Gasteiger partial charge in [0.05, 0.1) is 0 Å². The highest BCUT2D eigenvalue weighted by molar-refractivity contribution is 6.40. The SMILES string of the molecule is CC1CN(C(=O)C(=O)N2CCCC(CO)C2)c2ccccc21. The van der Waals surface area contributed by atoms with Crippen molar-refractivity contribution in [1.29, 1.82) is 0 Å². The summed E-state index contributed by atoms with van der Waals surface area (Å²) >= 11 is 0. The van der Waals surface area contributed by atoms with E-state index in [9.17, 15) is 14.7 Å². The summed E-state index contributed by atoms with van der Waals surface area (Å²) in [5.41, 5.74) is 1.97. The fourth-order valence-corrected chi connectivity index (χ4v) is 3.46. The number of rotatable bonds is 1. The lowest BCUT2D eigenvalue weighted by Gasteiger charge is -2.32. The second-order valence-electron chi connectivity index (χ2n) is 6.32. The first-order valence-corrected chi connectivity index (χ1v) is 7.92. The molecule has 0 radical (unpaired) electrons. The first kappa shape index (κ1) is 15.0. The molecule has 2 heterocycles. The number of nitrogens with zero attached hydrogens (tertiary/aromatic N) is 2. The largest absolute Gasteiger partial charge is 0.396 e. The van der Waals surface area contributed by atoms with Gasteiger partial charge in [0, 0.05) is 37.8 Å². The Hall–Kier alpha value is -1.88. The molecular formula is C17H22N2O3. The molecule has 0 bridgehead atoms. The monoisotopic (exact) mass is 302 g/mol. The Kier molecular flexibility index (Phi) is 4.16. The summed E-state index contributed by atoms with van der Waals surface area (Å²) in [6, 6.07) is 7.77. The number of aliphatic hydroxyl groups is 1. The quantitative estimate of drug-likeness (QED) is 0.797. The number of piperidine rings is 1. The van der Waals surface area contributed by atoms with E-state index < -0.39 is 11.8 Å². The van der Waals surface area contributed by atoms with E-state index in [4.69, 9.17) is 0 Å². The van der Waals surface area contributed by atoms with Crippen LogP contribution in [0.2, 0.25) is 0 Å². The van der Waals surface area contributed by atoms with E-state index in [1.165, 1.54) is 0 Å². The van der Waals surface area contributed by atoms with E-state index in [1.807, 2.05) is 24.3 Å². The van der Waals surface area contributed by atoms with Gasteiger partial charge in [-0.05, 0) is 30.4 Å². The lowest BCUT2D eigenvalue weighted by atomic mass is 9.99. The van der Waals surface area contributed by atoms with Crippen molar-refractivity contribution in [2.45, 2.75) is 25.7 Å². The molecule has 5 nitrogen and oxygen atoms in total. The van der Waals surface area contributed by atoms with Gasteiger partial charge in [0.25, 0.3) is 0 Å². The third-order valence-corrected chi connectivity index (χ3v) is 4.71. The number of para-hydroxylation sites is 1. The summed E-state index contributed by atoms with van der Waals surface area (Å²) < 4.78 is 0. The number of fused-ring (bicyclic) bond motifs is 1. The molecule has 1 fully saturated rings. The average Bonchev–Trinajstić information content (AvgIpc) is 2.91. The summed E-state index contributed by atoms with van der Waals surface area (Å²) in [6.45, 7) is 3.78. The zero-order chi connectivity index (χ0) is 15.7. The van der Waals surface area contributed by atoms with Gasteiger partial charge in [0.1, 0.15) is 0 Å². The van der Waals surface area contributed by atoms with E-state index >= 15 is 0 Å².